The van der Waals surface area contributed by atoms with Crippen LogP contribution in [0.5, 0.6) is 0 Å². The summed E-state index contributed by atoms with van der Waals surface area (Å²) < 4.78 is 0. The van der Waals surface area contributed by atoms with Gasteiger partial charge in [0.1, 0.15) is 0 Å². The van der Waals surface area contributed by atoms with Gasteiger partial charge in [0.05, 0.1) is 5.25 Å². The Labute approximate surface area is 124 Å². The lowest BCUT2D eigenvalue weighted by Crippen LogP contribution is -2.30. The van der Waals surface area contributed by atoms with Gasteiger partial charge in [-0.25, -0.2) is 0 Å². The van der Waals surface area contributed by atoms with E-state index < -0.39 is 0 Å². The molecule has 0 aliphatic heterocycles. The molecule has 2 nitrogen and oxygen atoms in total. The van der Waals surface area contributed by atoms with Gasteiger partial charge in [-0.3, -0.25) is 4.79 Å². The molecule has 1 amide bonds. The van der Waals surface area contributed by atoms with E-state index in [2.05, 4.69) is 17.4 Å². The van der Waals surface area contributed by atoms with Gasteiger partial charge in [-0.05, 0) is 18.1 Å². The molecule has 1 unspecified atom stereocenters. The molecular formula is C17H19NOS. The zero-order valence-electron chi connectivity index (χ0n) is 11.6. The fourth-order valence-electron chi connectivity index (χ4n) is 1.80. The van der Waals surface area contributed by atoms with E-state index in [1.54, 1.807) is 11.8 Å². The number of rotatable bonds is 6. The van der Waals surface area contributed by atoms with E-state index in [1.807, 2.05) is 55.5 Å². The van der Waals surface area contributed by atoms with Gasteiger partial charge < -0.3 is 5.32 Å². The van der Waals surface area contributed by atoms with Crippen LogP contribution >= 0.6 is 11.8 Å². The topological polar surface area (TPSA) is 29.1 Å². The van der Waals surface area contributed by atoms with E-state index in [4.69, 9.17) is 0 Å². The minimum absolute atomic E-state index is 0.0427. The summed E-state index contributed by atoms with van der Waals surface area (Å²) in [6, 6.07) is 20.2. The van der Waals surface area contributed by atoms with Gasteiger partial charge in [-0.2, -0.15) is 0 Å². The third kappa shape index (κ3) is 4.74. The van der Waals surface area contributed by atoms with Crippen molar-refractivity contribution < 1.29 is 4.79 Å². The minimum Gasteiger partial charge on any atom is -0.351 e. The quantitative estimate of drug-likeness (QED) is 0.878. The molecule has 2 rings (SSSR count). The number of carbonyl (C=O) groups is 1. The normalized spacial score (nSPS) is 11.8. The number of thioether (sulfide) groups is 1. The SMILES string of the molecule is CC(SCc1ccccc1)C(=O)NCc1ccccc1. The number of hydrogen-bond acceptors (Lipinski definition) is 2. The van der Waals surface area contributed by atoms with Crippen molar-refractivity contribution in [3.8, 4) is 0 Å². The highest BCUT2D eigenvalue weighted by Crippen LogP contribution is 2.17. The van der Waals surface area contributed by atoms with E-state index in [-0.39, 0.29) is 11.2 Å². The monoisotopic (exact) mass is 285 g/mol. The third-order valence-corrected chi connectivity index (χ3v) is 4.24. The summed E-state index contributed by atoms with van der Waals surface area (Å²) in [6.45, 7) is 2.55. The molecular weight excluding hydrogens is 266 g/mol. The van der Waals surface area contributed by atoms with Crippen LogP contribution < -0.4 is 5.32 Å². The summed E-state index contributed by atoms with van der Waals surface area (Å²) in [5.41, 5.74) is 2.38. The van der Waals surface area contributed by atoms with Crippen LogP contribution in [0.25, 0.3) is 0 Å². The van der Waals surface area contributed by atoms with Crippen LogP contribution in [0.3, 0.4) is 0 Å². The van der Waals surface area contributed by atoms with E-state index >= 15 is 0 Å². The molecule has 3 heteroatoms. The van der Waals surface area contributed by atoms with Gasteiger partial charge in [0.15, 0.2) is 0 Å². The van der Waals surface area contributed by atoms with Crippen molar-refractivity contribution in [3.63, 3.8) is 0 Å². The standard InChI is InChI=1S/C17H19NOS/c1-14(20-13-16-10-6-3-7-11-16)17(19)18-12-15-8-4-2-5-9-15/h2-11,14H,12-13H2,1H3,(H,18,19). The Morgan fingerprint density at radius 2 is 1.55 bits per heavy atom. The second-order valence-corrected chi connectivity index (χ2v) is 5.97. The first kappa shape index (κ1) is 14.7. The average Bonchev–Trinajstić information content (AvgIpc) is 2.52. The molecule has 0 heterocycles. The van der Waals surface area contributed by atoms with E-state index in [9.17, 15) is 4.79 Å². The average molecular weight is 285 g/mol. The minimum atomic E-state index is -0.0427. The number of hydrogen-bond donors (Lipinski definition) is 1. The fourth-order valence-corrected chi connectivity index (χ4v) is 2.67. The van der Waals surface area contributed by atoms with Crippen LogP contribution in [-0.2, 0) is 17.1 Å². The number of amides is 1. The van der Waals surface area contributed by atoms with Crippen molar-refractivity contribution in [1.82, 2.24) is 5.32 Å². The van der Waals surface area contributed by atoms with Crippen LogP contribution in [0.1, 0.15) is 18.1 Å². The Hall–Kier alpha value is -1.74. The molecule has 0 saturated carbocycles. The maximum absolute atomic E-state index is 12.0. The number of nitrogens with one attached hydrogen (secondary N) is 1. The molecule has 0 spiro atoms. The first-order valence-corrected chi connectivity index (χ1v) is 7.78. The van der Waals surface area contributed by atoms with Gasteiger partial charge in [0.2, 0.25) is 5.91 Å². The molecule has 0 aromatic heterocycles. The van der Waals surface area contributed by atoms with Crippen molar-refractivity contribution in [1.29, 1.82) is 0 Å². The second-order valence-electron chi connectivity index (χ2n) is 4.64. The van der Waals surface area contributed by atoms with Crippen molar-refractivity contribution in [3.05, 3.63) is 71.8 Å². The predicted molar refractivity (Wildman–Crippen MR) is 85.5 cm³/mol. The summed E-state index contributed by atoms with van der Waals surface area (Å²) >= 11 is 1.66. The highest BCUT2D eigenvalue weighted by molar-refractivity contribution is 7.99. The van der Waals surface area contributed by atoms with Crippen molar-refractivity contribution in [2.75, 3.05) is 0 Å². The van der Waals surface area contributed by atoms with Gasteiger partial charge >= 0.3 is 0 Å². The Morgan fingerprint density at radius 1 is 1.00 bits per heavy atom. The molecule has 0 radical (unpaired) electrons. The summed E-state index contributed by atoms with van der Waals surface area (Å²) in [5.74, 6) is 0.954. The summed E-state index contributed by atoms with van der Waals surface area (Å²) in [4.78, 5) is 12.0. The Balaban J connectivity index is 1.75. The molecule has 1 N–H and O–H groups in total. The summed E-state index contributed by atoms with van der Waals surface area (Å²) in [5, 5.41) is 2.93. The molecule has 104 valence electrons. The first-order chi connectivity index (χ1) is 9.75. The predicted octanol–water partition coefficient (Wildman–Crippen LogP) is 3.62. The van der Waals surface area contributed by atoms with Gasteiger partial charge in [-0.15, -0.1) is 11.8 Å². The lowest BCUT2D eigenvalue weighted by molar-refractivity contribution is -0.120. The van der Waals surface area contributed by atoms with Crippen LogP contribution in [-0.4, -0.2) is 11.2 Å². The zero-order valence-corrected chi connectivity index (χ0v) is 12.4. The van der Waals surface area contributed by atoms with E-state index in [0.29, 0.717) is 6.54 Å². The molecule has 1 atom stereocenters. The second kappa shape index (κ2) is 7.75. The molecule has 0 fully saturated rings. The summed E-state index contributed by atoms with van der Waals surface area (Å²) in [6.07, 6.45) is 0. The Bertz CT molecular complexity index is 527. The van der Waals surface area contributed by atoms with Crippen molar-refractivity contribution in [2.24, 2.45) is 0 Å². The molecule has 2 aromatic rings. The maximum atomic E-state index is 12.0. The molecule has 2 aromatic carbocycles. The van der Waals surface area contributed by atoms with Crippen LogP contribution in [0.4, 0.5) is 0 Å². The lowest BCUT2D eigenvalue weighted by Gasteiger charge is -2.12. The van der Waals surface area contributed by atoms with Gasteiger partial charge in [0.25, 0.3) is 0 Å². The molecule has 0 saturated heterocycles. The fraction of sp³-hybridized carbons (Fsp3) is 0.235. The highest BCUT2D eigenvalue weighted by Gasteiger charge is 2.12. The first-order valence-electron chi connectivity index (χ1n) is 6.73. The van der Waals surface area contributed by atoms with Crippen molar-refractivity contribution in [2.45, 2.75) is 24.5 Å². The Morgan fingerprint density at radius 3 is 2.15 bits per heavy atom. The number of benzene rings is 2. The van der Waals surface area contributed by atoms with Gasteiger partial charge in [0, 0.05) is 12.3 Å². The van der Waals surface area contributed by atoms with Crippen LogP contribution in [0.2, 0.25) is 0 Å². The third-order valence-electron chi connectivity index (χ3n) is 3.02. The van der Waals surface area contributed by atoms with E-state index in [0.717, 1.165) is 11.3 Å². The van der Waals surface area contributed by atoms with Crippen molar-refractivity contribution >= 4 is 17.7 Å². The smallest absolute Gasteiger partial charge is 0.233 e. The lowest BCUT2D eigenvalue weighted by atomic mass is 10.2. The highest BCUT2D eigenvalue weighted by atomic mass is 32.2. The zero-order chi connectivity index (χ0) is 14.2. The Kier molecular flexibility index (Phi) is 5.69. The van der Waals surface area contributed by atoms with Crippen LogP contribution in [0, 0.1) is 0 Å². The molecule has 0 aliphatic carbocycles. The maximum Gasteiger partial charge on any atom is 0.233 e. The largest absolute Gasteiger partial charge is 0.351 e. The molecule has 20 heavy (non-hydrogen) atoms. The molecule has 0 bridgehead atoms. The van der Waals surface area contributed by atoms with Gasteiger partial charge in [-0.1, -0.05) is 60.7 Å². The van der Waals surface area contributed by atoms with Crippen LogP contribution in [0.15, 0.2) is 60.7 Å². The summed E-state index contributed by atoms with van der Waals surface area (Å²) in [7, 11) is 0. The van der Waals surface area contributed by atoms with E-state index in [1.165, 1.54) is 5.56 Å². The number of carbonyl (C=O) groups excluding carboxylic acids is 1. The molecule has 0 aliphatic rings.